The Hall–Kier alpha value is -1.39. The van der Waals surface area contributed by atoms with Crippen LogP contribution in [0.1, 0.15) is 44.4 Å². The molecular formula is C19H29N3O. The predicted octanol–water partition coefficient (Wildman–Crippen LogP) is 3.52. The van der Waals surface area contributed by atoms with E-state index in [9.17, 15) is 0 Å². The molecule has 0 spiro atoms. The molecule has 1 fully saturated rings. The minimum Gasteiger partial charge on any atom is -0.385 e. The standard InChI is InChI=1S/C19H29N3O/c1-14(2)11-18-17-8-5-15(13-20-16-6-7-16)12-19(17)22(21-18)9-4-10-23-3/h5,8,12,14,16,20H,4,6-7,9-11,13H2,1-3H3. The number of methoxy groups -OCH3 is 1. The second kappa shape index (κ2) is 7.45. The van der Waals surface area contributed by atoms with E-state index in [1.165, 1.54) is 35.0 Å². The van der Waals surface area contributed by atoms with Gasteiger partial charge in [-0.2, -0.15) is 5.10 Å². The van der Waals surface area contributed by atoms with Gasteiger partial charge in [0.05, 0.1) is 11.2 Å². The third-order valence-corrected chi connectivity index (χ3v) is 4.38. The van der Waals surface area contributed by atoms with Crippen molar-refractivity contribution in [1.82, 2.24) is 15.1 Å². The number of aromatic nitrogens is 2. The monoisotopic (exact) mass is 315 g/mol. The molecular weight excluding hydrogens is 286 g/mol. The van der Waals surface area contributed by atoms with Crippen LogP contribution in [0.5, 0.6) is 0 Å². The lowest BCUT2D eigenvalue weighted by Crippen LogP contribution is -2.15. The number of fused-ring (bicyclic) bond motifs is 1. The summed E-state index contributed by atoms with van der Waals surface area (Å²) < 4.78 is 7.36. The van der Waals surface area contributed by atoms with E-state index in [1.54, 1.807) is 7.11 Å². The van der Waals surface area contributed by atoms with Gasteiger partial charge >= 0.3 is 0 Å². The van der Waals surface area contributed by atoms with E-state index in [0.717, 1.165) is 38.6 Å². The van der Waals surface area contributed by atoms with E-state index >= 15 is 0 Å². The number of nitrogens with zero attached hydrogens (tertiary/aromatic N) is 2. The lowest BCUT2D eigenvalue weighted by molar-refractivity contribution is 0.189. The van der Waals surface area contributed by atoms with Crippen LogP contribution in [0.15, 0.2) is 18.2 Å². The van der Waals surface area contributed by atoms with E-state index in [2.05, 4.69) is 42.0 Å². The van der Waals surface area contributed by atoms with Crippen molar-refractivity contribution in [1.29, 1.82) is 0 Å². The minimum absolute atomic E-state index is 0.622. The number of benzene rings is 1. The van der Waals surface area contributed by atoms with Gasteiger partial charge in [0.25, 0.3) is 0 Å². The van der Waals surface area contributed by atoms with Crippen molar-refractivity contribution in [2.75, 3.05) is 13.7 Å². The highest BCUT2D eigenvalue weighted by Gasteiger charge is 2.20. The molecule has 1 aliphatic rings. The molecule has 0 aliphatic heterocycles. The third-order valence-electron chi connectivity index (χ3n) is 4.38. The van der Waals surface area contributed by atoms with Crippen LogP contribution in [0.25, 0.3) is 10.9 Å². The first kappa shape index (κ1) is 16.5. The maximum Gasteiger partial charge on any atom is 0.0705 e. The highest BCUT2D eigenvalue weighted by atomic mass is 16.5. The Labute approximate surface area is 139 Å². The second-order valence-electron chi connectivity index (χ2n) is 7.12. The average Bonchev–Trinajstić information content (AvgIpc) is 3.30. The van der Waals surface area contributed by atoms with Crippen molar-refractivity contribution in [3.05, 3.63) is 29.5 Å². The van der Waals surface area contributed by atoms with Crippen molar-refractivity contribution in [2.24, 2.45) is 5.92 Å². The predicted molar refractivity (Wildman–Crippen MR) is 94.6 cm³/mol. The Bertz CT molecular complexity index is 643. The fourth-order valence-electron chi connectivity index (χ4n) is 3.01. The first-order valence-electron chi connectivity index (χ1n) is 8.88. The van der Waals surface area contributed by atoms with E-state index in [0.29, 0.717) is 5.92 Å². The topological polar surface area (TPSA) is 39.1 Å². The molecule has 1 heterocycles. The summed E-state index contributed by atoms with van der Waals surface area (Å²) in [4.78, 5) is 0. The van der Waals surface area contributed by atoms with Crippen LogP contribution in [-0.2, 0) is 24.2 Å². The van der Waals surface area contributed by atoms with Gasteiger partial charge in [0.1, 0.15) is 0 Å². The van der Waals surface area contributed by atoms with E-state index < -0.39 is 0 Å². The molecule has 4 nitrogen and oxygen atoms in total. The highest BCUT2D eigenvalue weighted by Crippen LogP contribution is 2.24. The van der Waals surface area contributed by atoms with Gasteiger partial charge in [-0.3, -0.25) is 4.68 Å². The molecule has 1 aromatic carbocycles. The smallest absolute Gasteiger partial charge is 0.0705 e. The molecule has 0 radical (unpaired) electrons. The van der Waals surface area contributed by atoms with Crippen LogP contribution >= 0.6 is 0 Å². The Morgan fingerprint density at radius 1 is 1.35 bits per heavy atom. The Morgan fingerprint density at radius 2 is 2.17 bits per heavy atom. The summed E-state index contributed by atoms with van der Waals surface area (Å²) in [5, 5.41) is 9.80. The third kappa shape index (κ3) is 4.33. The molecule has 0 amide bonds. The SMILES string of the molecule is COCCCn1nc(CC(C)C)c2ccc(CNC3CC3)cc21. The summed E-state index contributed by atoms with van der Waals surface area (Å²) in [5.74, 6) is 0.622. The molecule has 1 aromatic heterocycles. The molecule has 1 N–H and O–H groups in total. The molecule has 4 heteroatoms. The molecule has 1 saturated carbocycles. The first-order valence-corrected chi connectivity index (χ1v) is 8.88. The Morgan fingerprint density at radius 3 is 2.87 bits per heavy atom. The van der Waals surface area contributed by atoms with Gasteiger partial charge in [0.15, 0.2) is 0 Å². The van der Waals surface area contributed by atoms with Crippen LogP contribution in [0.4, 0.5) is 0 Å². The largest absolute Gasteiger partial charge is 0.385 e. The molecule has 126 valence electrons. The van der Waals surface area contributed by atoms with Crippen LogP contribution < -0.4 is 5.32 Å². The van der Waals surface area contributed by atoms with Crippen molar-refractivity contribution in [2.45, 2.75) is 58.7 Å². The molecule has 2 aromatic rings. The molecule has 1 aliphatic carbocycles. The van der Waals surface area contributed by atoms with Gasteiger partial charge in [-0.05, 0) is 43.2 Å². The average molecular weight is 315 g/mol. The van der Waals surface area contributed by atoms with Gasteiger partial charge < -0.3 is 10.1 Å². The number of hydrogen-bond acceptors (Lipinski definition) is 3. The summed E-state index contributed by atoms with van der Waals surface area (Å²) in [6.45, 7) is 7.17. The van der Waals surface area contributed by atoms with Crippen molar-refractivity contribution >= 4 is 10.9 Å². The van der Waals surface area contributed by atoms with Gasteiger partial charge in [-0.15, -0.1) is 0 Å². The zero-order chi connectivity index (χ0) is 16.2. The number of nitrogens with one attached hydrogen (secondary N) is 1. The molecule has 0 atom stereocenters. The van der Waals surface area contributed by atoms with Gasteiger partial charge in [-0.1, -0.05) is 26.0 Å². The van der Waals surface area contributed by atoms with Gasteiger partial charge in [0.2, 0.25) is 0 Å². The molecule has 0 saturated heterocycles. The highest BCUT2D eigenvalue weighted by molar-refractivity contribution is 5.82. The van der Waals surface area contributed by atoms with Gasteiger partial charge in [-0.25, -0.2) is 0 Å². The lowest BCUT2D eigenvalue weighted by Gasteiger charge is -2.06. The summed E-state index contributed by atoms with van der Waals surface area (Å²) in [6.07, 6.45) is 4.69. The summed E-state index contributed by atoms with van der Waals surface area (Å²) in [5.41, 5.74) is 3.86. The number of rotatable bonds is 9. The second-order valence-corrected chi connectivity index (χ2v) is 7.12. The van der Waals surface area contributed by atoms with Crippen LogP contribution in [0, 0.1) is 5.92 Å². The van der Waals surface area contributed by atoms with Crippen LogP contribution in [-0.4, -0.2) is 29.5 Å². The number of aryl methyl sites for hydroxylation is 1. The minimum atomic E-state index is 0.622. The quantitative estimate of drug-likeness (QED) is 0.720. The molecule has 0 bridgehead atoms. The molecule has 0 unspecified atom stereocenters. The Kier molecular flexibility index (Phi) is 5.34. The number of hydrogen-bond donors (Lipinski definition) is 1. The summed E-state index contributed by atoms with van der Waals surface area (Å²) >= 11 is 0. The zero-order valence-corrected chi connectivity index (χ0v) is 14.6. The van der Waals surface area contributed by atoms with E-state index in [1.807, 2.05) is 0 Å². The fourth-order valence-corrected chi connectivity index (χ4v) is 3.01. The number of ether oxygens (including phenoxy) is 1. The zero-order valence-electron chi connectivity index (χ0n) is 14.6. The maximum absolute atomic E-state index is 5.19. The van der Waals surface area contributed by atoms with E-state index in [4.69, 9.17) is 9.84 Å². The molecule has 23 heavy (non-hydrogen) atoms. The first-order chi connectivity index (χ1) is 11.2. The fraction of sp³-hybridized carbons (Fsp3) is 0.632. The van der Waals surface area contributed by atoms with Crippen LogP contribution in [0.3, 0.4) is 0 Å². The van der Waals surface area contributed by atoms with Crippen molar-refractivity contribution < 1.29 is 4.74 Å². The van der Waals surface area contributed by atoms with Crippen LogP contribution in [0.2, 0.25) is 0 Å². The lowest BCUT2D eigenvalue weighted by atomic mass is 10.0. The van der Waals surface area contributed by atoms with E-state index in [-0.39, 0.29) is 0 Å². The van der Waals surface area contributed by atoms with Crippen molar-refractivity contribution in [3.63, 3.8) is 0 Å². The van der Waals surface area contributed by atoms with Gasteiger partial charge in [0, 0.05) is 38.2 Å². The summed E-state index contributed by atoms with van der Waals surface area (Å²) in [6, 6.07) is 7.57. The normalized spacial score (nSPS) is 15.0. The summed E-state index contributed by atoms with van der Waals surface area (Å²) in [7, 11) is 1.76. The Balaban J connectivity index is 1.84. The maximum atomic E-state index is 5.19. The molecule has 3 rings (SSSR count). The van der Waals surface area contributed by atoms with Crippen molar-refractivity contribution in [3.8, 4) is 0 Å².